The Labute approximate surface area is 109 Å². The van der Waals surface area contributed by atoms with E-state index in [0.29, 0.717) is 11.0 Å². The number of carbonyl (C=O) groups is 1. The van der Waals surface area contributed by atoms with Crippen LogP contribution in [0.25, 0.3) is 0 Å². The van der Waals surface area contributed by atoms with Crippen LogP contribution in [-0.4, -0.2) is 26.4 Å². The standard InChI is InChI=1S/C11H11NO6S/c1-8-3-4-9(12(14)15)7-10(8)19(16,17)6-5-11(13)18-2/h3-7H,1-2H3/b6-5-. The first kappa shape index (κ1) is 14.8. The third-order valence-corrected chi connectivity index (χ3v) is 3.82. The van der Waals surface area contributed by atoms with Crippen LogP contribution in [0, 0.1) is 17.0 Å². The largest absolute Gasteiger partial charge is 0.466 e. The zero-order chi connectivity index (χ0) is 14.6. The first-order chi connectivity index (χ1) is 8.77. The van der Waals surface area contributed by atoms with E-state index in [-0.39, 0.29) is 10.6 Å². The van der Waals surface area contributed by atoms with E-state index >= 15 is 0 Å². The molecule has 0 saturated carbocycles. The Hall–Kier alpha value is -2.22. The number of benzene rings is 1. The molecule has 102 valence electrons. The summed E-state index contributed by atoms with van der Waals surface area (Å²) in [5.41, 5.74) is 0.00996. The molecule has 8 heteroatoms. The van der Waals surface area contributed by atoms with Crippen molar-refractivity contribution >= 4 is 21.5 Å². The lowest BCUT2D eigenvalue weighted by molar-refractivity contribution is -0.385. The lowest BCUT2D eigenvalue weighted by atomic mass is 10.2. The lowest BCUT2D eigenvalue weighted by Crippen LogP contribution is -2.03. The number of hydrogen-bond acceptors (Lipinski definition) is 6. The van der Waals surface area contributed by atoms with E-state index in [4.69, 9.17) is 0 Å². The molecule has 0 bridgehead atoms. The fourth-order valence-electron chi connectivity index (χ4n) is 1.30. The van der Waals surface area contributed by atoms with Gasteiger partial charge >= 0.3 is 5.97 Å². The minimum Gasteiger partial charge on any atom is -0.466 e. The number of nitro benzene ring substituents is 1. The Morgan fingerprint density at radius 1 is 1.42 bits per heavy atom. The Morgan fingerprint density at radius 3 is 2.58 bits per heavy atom. The molecule has 19 heavy (non-hydrogen) atoms. The van der Waals surface area contributed by atoms with Gasteiger partial charge in [0.1, 0.15) is 0 Å². The first-order valence-corrected chi connectivity index (χ1v) is 6.58. The second kappa shape index (κ2) is 5.61. The molecule has 0 radical (unpaired) electrons. The number of sulfone groups is 1. The highest BCUT2D eigenvalue weighted by molar-refractivity contribution is 7.94. The van der Waals surface area contributed by atoms with Crippen molar-refractivity contribution in [2.75, 3.05) is 7.11 Å². The lowest BCUT2D eigenvalue weighted by Gasteiger charge is -2.03. The molecule has 0 aliphatic rings. The van der Waals surface area contributed by atoms with Crippen molar-refractivity contribution in [3.05, 3.63) is 45.4 Å². The molecule has 0 unspecified atom stereocenters. The van der Waals surface area contributed by atoms with E-state index in [9.17, 15) is 23.3 Å². The van der Waals surface area contributed by atoms with Gasteiger partial charge in [0, 0.05) is 23.6 Å². The van der Waals surface area contributed by atoms with E-state index in [2.05, 4.69) is 4.74 Å². The van der Waals surface area contributed by atoms with Gasteiger partial charge in [-0.2, -0.15) is 0 Å². The molecule has 0 spiro atoms. The summed E-state index contributed by atoms with van der Waals surface area (Å²) in [6.07, 6.45) is 0.744. The summed E-state index contributed by atoms with van der Waals surface area (Å²) in [6, 6.07) is 3.49. The summed E-state index contributed by atoms with van der Waals surface area (Å²) < 4.78 is 28.1. The van der Waals surface area contributed by atoms with Gasteiger partial charge in [0.2, 0.25) is 9.84 Å². The van der Waals surface area contributed by atoms with Gasteiger partial charge in [0.05, 0.1) is 16.9 Å². The first-order valence-electron chi connectivity index (χ1n) is 5.04. The summed E-state index contributed by atoms with van der Waals surface area (Å²) >= 11 is 0. The second-order valence-electron chi connectivity index (χ2n) is 3.58. The summed E-state index contributed by atoms with van der Waals surface area (Å²) in [6.45, 7) is 1.50. The normalized spacial score (nSPS) is 11.5. The topological polar surface area (TPSA) is 104 Å². The van der Waals surface area contributed by atoms with Crippen molar-refractivity contribution < 1.29 is 22.9 Å². The molecule has 0 amide bonds. The average molecular weight is 285 g/mol. The van der Waals surface area contributed by atoms with Crippen molar-refractivity contribution in [3.8, 4) is 0 Å². The third-order valence-electron chi connectivity index (χ3n) is 2.27. The average Bonchev–Trinajstić information content (AvgIpc) is 2.36. The van der Waals surface area contributed by atoms with Crippen molar-refractivity contribution in [1.82, 2.24) is 0 Å². The van der Waals surface area contributed by atoms with Crippen LogP contribution >= 0.6 is 0 Å². The molecular weight excluding hydrogens is 274 g/mol. The fourth-order valence-corrected chi connectivity index (χ4v) is 2.53. The van der Waals surface area contributed by atoms with Crippen LogP contribution in [0.2, 0.25) is 0 Å². The molecule has 1 rings (SSSR count). The van der Waals surface area contributed by atoms with Crippen LogP contribution in [0.15, 0.2) is 34.6 Å². The number of hydrogen-bond donors (Lipinski definition) is 0. The van der Waals surface area contributed by atoms with Crippen molar-refractivity contribution in [2.45, 2.75) is 11.8 Å². The molecule has 0 aliphatic carbocycles. The molecule has 0 N–H and O–H groups in total. The zero-order valence-corrected chi connectivity index (χ0v) is 11.0. The number of rotatable bonds is 4. The molecule has 0 aromatic heterocycles. The van der Waals surface area contributed by atoms with Crippen LogP contribution < -0.4 is 0 Å². The number of ether oxygens (including phenoxy) is 1. The van der Waals surface area contributed by atoms with Crippen LogP contribution in [0.1, 0.15) is 5.56 Å². The number of esters is 1. The molecule has 1 aromatic rings. The van der Waals surface area contributed by atoms with E-state index in [1.165, 1.54) is 19.1 Å². The third kappa shape index (κ3) is 3.62. The Bertz CT molecular complexity index is 647. The van der Waals surface area contributed by atoms with Gasteiger partial charge in [0.25, 0.3) is 5.69 Å². The quantitative estimate of drug-likeness (QED) is 0.358. The minimum atomic E-state index is -3.94. The van der Waals surface area contributed by atoms with Gasteiger partial charge in [-0.1, -0.05) is 6.07 Å². The monoisotopic (exact) mass is 285 g/mol. The van der Waals surface area contributed by atoms with Gasteiger partial charge in [-0.3, -0.25) is 10.1 Å². The molecule has 0 saturated heterocycles. The predicted octanol–water partition coefficient (Wildman–Crippen LogP) is 1.36. The summed E-state index contributed by atoms with van der Waals surface area (Å²) in [4.78, 5) is 20.6. The molecule has 7 nitrogen and oxygen atoms in total. The summed E-state index contributed by atoms with van der Waals surface area (Å²) in [7, 11) is -2.83. The maximum absolute atomic E-state index is 11.9. The predicted molar refractivity (Wildman–Crippen MR) is 66.2 cm³/mol. The van der Waals surface area contributed by atoms with E-state index in [1.807, 2.05) is 0 Å². The van der Waals surface area contributed by atoms with Crippen LogP contribution in [0.4, 0.5) is 5.69 Å². The smallest absolute Gasteiger partial charge is 0.331 e. The SMILES string of the molecule is COC(=O)/C=C\S(=O)(=O)c1cc([N+](=O)[O-])ccc1C. The Kier molecular flexibility index (Phi) is 4.38. The van der Waals surface area contributed by atoms with Crippen LogP contribution in [0.5, 0.6) is 0 Å². The highest BCUT2D eigenvalue weighted by Gasteiger charge is 2.18. The highest BCUT2D eigenvalue weighted by Crippen LogP contribution is 2.23. The number of carbonyl (C=O) groups excluding carboxylic acids is 1. The maximum atomic E-state index is 11.9. The molecule has 0 aliphatic heterocycles. The number of non-ortho nitro benzene ring substituents is 1. The second-order valence-corrected chi connectivity index (χ2v) is 5.38. The Morgan fingerprint density at radius 2 is 2.05 bits per heavy atom. The minimum absolute atomic E-state index is 0.221. The number of nitro groups is 1. The van der Waals surface area contributed by atoms with E-state index < -0.39 is 20.7 Å². The molecule has 0 fully saturated rings. The van der Waals surface area contributed by atoms with E-state index in [1.54, 1.807) is 0 Å². The van der Waals surface area contributed by atoms with Crippen molar-refractivity contribution in [3.63, 3.8) is 0 Å². The van der Waals surface area contributed by atoms with E-state index in [0.717, 1.165) is 19.3 Å². The van der Waals surface area contributed by atoms with Crippen molar-refractivity contribution in [2.24, 2.45) is 0 Å². The van der Waals surface area contributed by atoms with Crippen molar-refractivity contribution in [1.29, 1.82) is 0 Å². The molecule has 0 atom stereocenters. The fraction of sp³-hybridized carbons (Fsp3) is 0.182. The van der Waals surface area contributed by atoms with Gasteiger partial charge in [-0.15, -0.1) is 0 Å². The van der Waals surface area contributed by atoms with Gasteiger partial charge in [-0.25, -0.2) is 13.2 Å². The van der Waals surface area contributed by atoms with Crippen LogP contribution in [-0.2, 0) is 19.4 Å². The number of aryl methyl sites for hydroxylation is 1. The number of methoxy groups -OCH3 is 1. The molecule has 0 heterocycles. The highest BCUT2D eigenvalue weighted by atomic mass is 32.2. The summed E-state index contributed by atoms with van der Waals surface area (Å²) in [5, 5.41) is 11.3. The maximum Gasteiger partial charge on any atom is 0.331 e. The number of nitrogens with zero attached hydrogens (tertiary/aromatic N) is 1. The summed E-state index contributed by atoms with van der Waals surface area (Å²) in [5.74, 6) is -0.827. The zero-order valence-electron chi connectivity index (χ0n) is 10.2. The van der Waals surface area contributed by atoms with Gasteiger partial charge < -0.3 is 4.74 Å². The van der Waals surface area contributed by atoms with Gasteiger partial charge in [0.15, 0.2) is 0 Å². The van der Waals surface area contributed by atoms with Gasteiger partial charge in [-0.05, 0) is 12.5 Å². The molecular formula is C11H11NO6S. The van der Waals surface area contributed by atoms with Crippen LogP contribution in [0.3, 0.4) is 0 Å². The molecule has 1 aromatic carbocycles. The Balaban J connectivity index is 3.28.